The molecule has 0 unspecified atom stereocenters. The number of Topliss-reactive ketones (excluding diaryl/α,β-unsaturated/α-hetero) is 1. The van der Waals surface area contributed by atoms with Crippen molar-refractivity contribution in [3.8, 4) is 5.75 Å². The summed E-state index contributed by atoms with van der Waals surface area (Å²) >= 11 is 0. The molecule has 6 nitrogen and oxygen atoms in total. The minimum atomic E-state index is -0.932. The Morgan fingerprint density at radius 3 is 2.27 bits per heavy atom. The predicted molar refractivity (Wildman–Crippen MR) is 97.7 cm³/mol. The molecule has 2 rings (SSSR count). The lowest BCUT2D eigenvalue weighted by Crippen LogP contribution is -2.25. The standard InChI is InChI=1S/C20H25NO5/c1-6-25-16-9-7-15(8-10-16)19(23)14(5)26-20(24)18-11(2)17(13(4)22)12(3)21-18/h7-10,13-14,21-22H,6H2,1-5H3/t13-,14+/m1/s1. The molecule has 0 saturated carbocycles. The number of aryl methyl sites for hydroxylation is 1. The molecule has 0 radical (unpaired) electrons. The lowest BCUT2D eigenvalue weighted by atomic mass is 10.1. The maximum atomic E-state index is 12.5. The molecule has 2 N–H and O–H groups in total. The van der Waals surface area contributed by atoms with Gasteiger partial charge in [0.2, 0.25) is 5.78 Å². The number of aliphatic hydroxyl groups is 1. The number of carbonyl (C=O) groups is 2. The molecule has 1 aromatic carbocycles. The summed E-state index contributed by atoms with van der Waals surface area (Å²) in [4.78, 5) is 27.8. The number of ketones is 1. The summed E-state index contributed by atoms with van der Waals surface area (Å²) in [5, 5.41) is 9.82. The van der Waals surface area contributed by atoms with E-state index in [1.807, 2.05) is 6.92 Å². The lowest BCUT2D eigenvalue weighted by molar-refractivity contribution is 0.0313. The van der Waals surface area contributed by atoms with Crippen LogP contribution in [0.2, 0.25) is 0 Å². The number of aliphatic hydroxyl groups excluding tert-OH is 1. The number of rotatable bonds is 7. The van der Waals surface area contributed by atoms with Crippen LogP contribution in [0, 0.1) is 13.8 Å². The topological polar surface area (TPSA) is 88.6 Å². The van der Waals surface area contributed by atoms with Gasteiger partial charge in [0.1, 0.15) is 11.4 Å². The largest absolute Gasteiger partial charge is 0.494 e. The van der Waals surface area contributed by atoms with Crippen molar-refractivity contribution in [1.29, 1.82) is 0 Å². The van der Waals surface area contributed by atoms with E-state index in [0.29, 0.717) is 34.7 Å². The van der Waals surface area contributed by atoms with Crippen LogP contribution in [-0.4, -0.2) is 34.6 Å². The summed E-state index contributed by atoms with van der Waals surface area (Å²) < 4.78 is 10.7. The number of H-pyrrole nitrogens is 1. The summed E-state index contributed by atoms with van der Waals surface area (Å²) in [5.74, 6) is -0.237. The Hall–Kier alpha value is -2.60. The summed E-state index contributed by atoms with van der Waals surface area (Å²) in [6, 6.07) is 6.71. The molecular weight excluding hydrogens is 334 g/mol. The highest BCUT2D eigenvalue weighted by molar-refractivity contribution is 6.01. The van der Waals surface area contributed by atoms with Gasteiger partial charge in [0, 0.05) is 16.8 Å². The van der Waals surface area contributed by atoms with Crippen LogP contribution in [0.5, 0.6) is 5.75 Å². The summed E-state index contributed by atoms with van der Waals surface area (Å²) in [7, 11) is 0. The molecule has 0 fully saturated rings. The highest BCUT2D eigenvalue weighted by Gasteiger charge is 2.25. The van der Waals surface area contributed by atoms with E-state index < -0.39 is 18.2 Å². The zero-order valence-corrected chi connectivity index (χ0v) is 15.8. The van der Waals surface area contributed by atoms with Crippen molar-refractivity contribution in [2.24, 2.45) is 0 Å². The van der Waals surface area contributed by atoms with E-state index in [1.165, 1.54) is 6.92 Å². The van der Waals surface area contributed by atoms with Crippen LogP contribution in [-0.2, 0) is 4.74 Å². The van der Waals surface area contributed by atoms with E-state index >= 15 is 0 Å². The van der Waals surface area contributed by atoms with Gasteiger partial charge in [-0.2, -0.15) is 0 Å². The minimum absolute atomic E-state index is 0.254. The smallest absolute Gasteiger partial charge is 0.355 e. The van der Waals surface area contributed by atoms with E-state index in [0.717, 1.165) is 0 Å². The molecule has 1 aromatic heterocycles. The molecule has 0 aliphatic carbocycles. The maximum Gasteiger partial charge on any atom is 0.355 e. The first kappa shape index (κ1) is 19.7. The first-order chi connectivity index (χ1) is 12.3. The molecule has 0 spiro atoms. The minimum Gasteiger partial charge on any atom is -0.494 e. The Balaban J connectivity index is 2.11. The van der Waals surface area contributed by atoms with Crippen LogP contribution < -0.4 is 4.74 Å². The number of esters is 1. The number of aromatic nitrogens is 1. The summed E-state index contributed by atoms with van der Waals surface area (Å²) in [5.41, 5.74) is 2.70. The molecule has 2 aromatic rings. The van der Waals surface area contributed by atoms with Crippen LogP contribution >= 0.6 is 0 Å². The van der Waals surface area contributed by atoms with E-state index in [4.69, 9.17) is 9.47 Å². The highest BCUT2D eigenvalue weighted by Crippen LogP contribution is 2.25. The molecule has 0 bridgehead atoms. The Kier molecular flexibility index (Phi) is 6.21. The van der Waals surface area contributed by atoms with Gasteiger partial charge < -0.3 is 19.6 Å². The molecule has 26 heavy (non-hydrogen) atoms. The summed E-state index contributed by atoms with van der Waals surface area (Å²) in [6.07, 6.45) is -1.63. The lowest BCUT2D eigenvalue weighted by Gasteiger charge is -2.13. The van der Waals surface area contributed by atoms with Gasteiger partial charge in [-0.05, 0) is 64.4 Å². The molecule has 6 heteroatoms. The average molecular weight is 359 g/mol. The number of aromatic amines is 1. The third kappa shape index (κ3) is 4.14. The monoisotopic (exact) mass is 359 g/mol. The number of nitrogens with one attached hydrogen (secondary N) is 1. The van der Waals surface area contributed by atoms with Gasteiger partial charge in [0.15, 0.2) is 6.10 Å². The third-order valence-corrected chi connectivity index (χ3v) is 4.22. The van der Waals surface area contributed by atoms with Crippen molar-refractivity contribution < 1.29 is 24.2 Å². The zero-order chi connectivity index (χ0) is 19.4. The van der Waals surface area contributed by atoms with Gasteiger partial charge >= 0.3 is 5.97 Å². The second-order valence-electron chi connectivity index (χ2n) is 6.21. The first-order valence-corrected chi connectivity index (χ1v) is 8.61. The predicted octanol–water partition coefficient (Wildman–Crippen LogP) is 3.51. The fourth-order valence-corrected chi connectivity index (χ4v) is 2.99. The number of hydrogen-bond acceptors (Lipinski definition) is 5. The Labute approximate surface area is 153 Å². The molecular formula is C20H25NO5. The van der Waals surface area contributed by atoms with Crippen molar-refractivity contribution in [1.82, 2.24) is 4.98 Å². The second-order valence-corrected chi connectivity index (χ2v) is 6.21. The van der Waals surface area contributed by atoms with Crippen LogP contribution in [0.15, 0.2) is 24.3 Å². The quantitative estimate of drug-likeness (QED) is 0.583. The molecule has 0 amide bonds. The normalized spacial score (nSPS) is 13.2. The number of ether oxygens (including phenoxy) is 2. The van der Waals surface area contributed by atoms with Crippen molar-refractivity contribution in [2.75, 3.05) is 6.61 Å². The molecule has 140 valence electrons. The van der Waals surface area contributed by atoms with Crippen LogP contribution in [0.3, 0.4) is 0 Å². The van der Waals surface area contributed by atoms with E-state index in [9.17, 15) is 14.7 Å². The summed E-state index contributed by atoms with van der Waals surface area (Å²) in [6.45, 7) is 9.12. The number of benzene rings is 1. The van der Waals surface area contributed by atoms with Crippen molar-refractivity contribution in [3.05, 3.63) is 52.3 Å². The first-order valence-electron chi connectivity index (χ1n) is 8.61. The van der Waals surface area contributed by atoms with Crippen molar-refractivity contribution in [2.45, 2.75) is 46.8 Å². The fourth-order valence-electron chi connectivity index (χ4n) is 2.99. The third-order valence-electron chi connectivity index (χ3n) is 4.22. The number of hydrogen-bond donors (Lipinski definition) is 2. The van der Waals surface area contributed by atoms with E-state index in [1.54, 1.807) is 45.0 Å². The number of carbonyl (C=O) groups excluding carboxylic acids is 2. The van der Waals surface area contributed by atoms with Gasteiger partial charge in [-0.3, -0.25) is 4.79 Å². The van der Waals surface area contributed by atoms with Gasteiger partial charge in [0.05, 0.1) is 12.7 Å². The zero-order valence-electron chi connectivity index (χ0n) is 15.8. The Morgan fingerprint density at radius 1 is 1.15 bits per heavy atom. The van der Waals surface area contributed by atoms with Crippen molar-refractivity contribution in [3.63, 3.8) is 0 Å². The van der Waals surface area contributed by atoms with E-state index in [-0.39, 0.29) is 11.5 Å². The van der Waals surface area contributed by atoms with Crippen LogP contribution in [0.1, 0.15) is 64.5 Å². The van der Waals surface area contributed by atoms with Gasteiger partial charge in [-0.1, -0.05) is 0 Å². The fraction of sp³-hybridized carbons (Fsp3) is 0.400. The van der Waals surface area contributed by atoms with E-state index in [2.05, 4.69) is 4.98 Å². The van der Waals surface area contributed by atoms with Crippen LogP contribution in [0.25, 0.3) is 0 Å². The molecule has 0 aliphatic heterocycles. The average Bonchev–Trinajstić information content (AvgIpc) is 2.89. The van der Waals surface area contributed by atoms with Crippen molar-refractivity contribution >= 4 is 11.8 Å². The van der Waals surface area contributed by atoms with Gasteiger partial charge in [-0.25, -0.2) is 4.79 Å². The molecule has 1 heterocycles. The SMILES string of the molecule is CCOc1ccc(C(=O)[C@H](C)OC(=O)c2[nH]c(C)c([C@@H](C)O)c2C)cc1. The Bertz CT molecular complexity index is 789. The Morgan fingerprint density at radius 2 is 1.77 bits per heavy atom. The molecule has 0 saturated heterocycles. The molecule has 0 aliphatic rings. The van der Waals surface area contributed by atoms with Gasteiger partial charge in [-0.15, -0.1) is 0 Å². The second kappa shape index (κ2) is 8.19. The van der Waals surface area contributed by atoms with Crippen LogP contribution in [0.4, 0.5) is 0 Å². The maximum absolute atomic E-state index is 12.5. The highest BCUT2D eigenvalue weighted by atomic mass is 16.5. The van der Waals surface area contributed by atoms with Gasteiger partial charge in [0.25, 0.3) is 0 Å². The molecule has 2 atom stereocenters.